The molecule has 2 aromatic carbocycles. The molecule has 2 N–H and O–H groups in total. The van der Waals surface area contributed by atoms with E-state index in [1.807, 2.05) is 60.7 Å². The molecule has 0 radical (unpaired) electrons. The van der Waals surface area contributed by atoms with Crippen molar-refractivity contribution in [2.45, 2.75) is 12.3 Å². The molecule has 0 aliphatic carbocycles. The maximum Gasteiger partial charge on any atom is 0.305 e. The second kappa shape index (κ2) is 7.24. The van der Waals surface area contributed by atoms with Crippen LogP contribution in [0.15, 0.2) is 60.7 Å². The highest BCUT2D eigenvalue weighted by atomic mass is 16.4. The lowest BCUT2D eigenvalue weighted by Gasteiger charge is -2.17. The van der Waals surface area contributed by atoms with Crippen molar-refractivity contribution in [3.63, 3.8) is 0 Å². The summed E-state index contributed by atoms with van der Waals surface area (Å²) >= 11 is 0. The van der Waals surface area contributed by atoms with Gasteiger partial charge in [0.2, 0.25) is 5.91 Å². The molecule has 2 rings (SSSR count). The van der Waals surface area contributed by atoms with Gasteiger partial charge in [-0.1, -0.05) is 60.7 Å². The van der Waals surface area contributed by atoms with Gasteiger partial charge in [0, 0.05) is 6.54 Å². The predicted molar refractivity (Wildman–Crippen MR) is 80.0 cm³/mol. The highest BCUT2D eigenvalue weighted by molar-refractivity contribution is 5.87. The molecule has 4 nitrogen and oxygen atoms in total. The van der Waals surface area contributed by atoms with Crippen LogP contribution in [0.4, 0.5) is 0 Å². The Morgan fingerprint density at radius 1 is 0.905 bits per heavy atom. The maximum absolute atomic E-state index is 12.4. The summed E-state index contributed by atoms with van der Waals surface area (Å²) in [7, 11) is 0. The molecule has 2 aromatic rings. The van der Waals surface area contributed by atoms with Crippen LogP contribution in [0.5, 0.6) is 0 Å². The Morgan fingerprint density at radius 2 is 1.38 bits per heavy atom. The van der Waals surface area contributed by atoms with Crippen molar-refractivity contribution < 1.29 is 14.7 Å². The van der Waals surface area contributed by atoms with E-state index in [0.29, 0.717) is 0 Å². The Kier molecular flexibility index (Phi) is 5.10. The Morgan fingerprint density at radius 3 is 1.81 bits per heavy atom. The van der Waals surface area contributed by atoms with E-state index in [4.69, 9.17) is 5.11 Å². The van der Waals surface area contributed by atoms with Crippen LogP contribution in [-0.2, 0) is 9.59 Å². The lowest BCUT2D eigenvalue weighted by molar-refractivity contribution is -0.136. The van der Waals surface area contributed by atoms with Gasteiger partial charge in [-0.3, -0.25) is 9.59 Å². The minimum absolute atomic E-state index is 0.0813. The first-order chi connectivity index (χ1) is 10.2. The van der Waals surface area contributed by atoms with Crippen LogP contribution in [0, 0.1) is 0 Å². The summed E-state index contributed by atoms with van der Waals surface area (Å²) in [6, 6.07) is 18.9. The Labute approximate surface area is 123 Å². The molecule has 0 atom stereocenters. The summed E-state index contributed by atoms with van der Waals surface area (Å²) in [5.74, 6) is -1.54. The number of carbonyl (C=O) groups excluding carboxylic acids is 1. The number of hydrogen-bond acceptors (Lipinski definition) is 2. The molecular formula is C17H17NO3. The van der Waals surface area contributed by atoms with Gasteiger partial charge < -0.3 is 10.4 Å². The van der Waals surface area contributed by atoms with E-state index in [-0.39, 0.29) is 18.9 Å². The largest absolute Gasteiger partial charge is 0.481 e. The van der Waals surface area contributed by atoms with Crippen molar-refractivity contribution in [2.24, 2.45) is 0 Å². The third-order valence-electron chi connectivity index (χ3n) is 3.17. The second-order valence-electron chi connectivity index (χ2n) is 4.69. The van der Waals surface area contributed by atoms with Gasteiger partial charge in [-0.25, -0.2) is 0 Å². The molecule has 0 aromatic heterocycles. The molecule has 1 amide bonds. The molecular weight excluding hydrogens is 266 g/mol. The zero-order valence-electron chi connectivity index (χ0n) is 11.5. The number of amides is 1. The standard InChI is InChI=1S/C17H17NO3/c19-15(20)11-12-18-17(21)16(13-7-3-1-4-8-13)14-9-5-2-6-10-14/h1-10,16H,11-12H2,(H,18,21)(H,19,20). The molecule has 21 heavy (non-hydrogen) atoms. The van der Waals surface area contributed by atoms with E-state index in [1.165, 1.54) is 0 Å². The highest BCUT2D eigenvalue weighted by Crippen LogP contribution is 2.24. The van der Waals surface area contributed by atoms with Crippen LogP contribution in [0.2, 0.25) is 0 Å². The summed E-state index contributed by atoms with van der Waals surface area (Å²) in [6.45, 7) is 0.129. The quantitative estimate of drug-likeness (QED) is 0.855. The van der Waals surface area contributed by atoms with E-state index in [2.05, 4.69) is 5.32 Å². The monoisotopic (exact) mass is 283 g/mol. The lowest BCUT2D eigenvalue weighted by atomic mass is 9.90. The molecule has 0 saturated heterocycles. The number of rotatable bonds is 6. The molecule has 0 aliphatic heterocycles. The fourth-order valence-corrected chi connectivity index (χ4v) is 2.18. The zero-order chi connectivity index (χ0) is 15.1. The van der Waals surface area contributed by atoms with Crippen molar-refractivity contribution in [1.82, 2.24) is 5.32 Å². The first kappa shape index (κ1) is 14.8. The summed E-state index contributed by atoms with van der Waals surface area (Å²) in [5, 5.41) is 11.3. The molecule has 0 heterocycles. The molecule has 0 aliphatic rings. The van der Waals surface area contributed by atoms with Crippen molar-refractivity contribution in [2.75, 3.05) is 6.54 Å². The lowest BCUT2D eigenvalue weighted by Crippen LogP contribution is -2.31. The van der Waals surface area contributed by atoms with Gasteiger partial charge in [0.05, 0.1) is 12.3 Å². The minimum Gasteiger partial charge on any atom is -0.481 e. The third kappa shape index (κ3) is 4.18. The fourth-order valence-electron chi connectivity index (χ4n) is 2.18. The molecule has 0 spiro atoms. The van der Waals surface area contributed by atoms with E-state index >= 15 is 0 Å². The second-order valence-corrected chi connectivity index (χ2v) is 4.69. The SMILES string of the molecule is O=C(O)CCNC(=O)C(c1ccccc1)c1ccccc1. The van der Waals surface area contributed by atoms with Gasteiger partial charge >= 0.3 is 5.97 Å². The molecule has 0 fully saturated rings. The number of carboxylic acids is 1. The Balaban J connectivity index is 2.21. The minimum atomic E-state index is -0.925. The van der Waals surface area contributed by atoms with Gasteiger partial charge in [0.15, 0.2) is 0 Å². The average Bonchev–Trinajstić information content (AvgIpc) is 2.49. The van der Waals surface area contributed by atoms with E-state index in [9.17, 15) is 9.59 Å². The normalized spacial score (nSPS) is 10.3. The van der Waals surface area contributed by atoms with Crippen LogP contribution in [0.25, 0.3) is 0 Å². The van der Waals surface area contributed by atoms with Crippen molar-refractivity contribution in [3.05, 3.63) is 71.8 Å². The average molecular weight is 283 g/mol. The van der Waals surface area contributed by atoms with Crippen LogP contribution in [0.3, 0.4) is 0 Å². The molecule has 4 heteroatoms. The van der Waals surface area contributed by atoms with Crippen molar-refractivity contribution >= 4 is 11.9 Å². The van der Waals surface area contributed by atoms with Crippen LogP contribution in [-0.4, -0.2) is 23.5 Å². The highest BCUT2D eigenvalue weighted by Gasteiger charge is 2.22. The van der Waals surface area contributed by atoms with Crippen molar-refractivity contribution in [1.29, 1.82) is 0 Å². The number of hydrogen-bond donors (Lipinski definition) is 2. The Hall–Kier alpha value is -2.62. The molecule has 0 bridgehead atoms. The fraction of sp³-hybridized carbons (Fsp3) is 0.176. The number of carbonyl (C=O) groups is 2. The third-order valence-corrected chi connectivity index (χ3v) is 3.17. The van der Waals surface area contributed by atoms with Crippen LogP contribution < -0.4 is 5.32 Å². The summed E-state index contributed by atoms with van der Waals surface area (Å²) in [6.07, 6.45) is -0.0813. The molecule has 108 valence electrons. The van der Waals surface area contributed by atoms with E-state index in [0.717, 1.165) is 11.1 Å². The number of aliphatic carboxylic acids is 1. The summed E-state index contributed by atoms with van der Waals surface area (Å²) in [4.78, 5) is 23.0. The number of carboxylic acid groups (broad SMARTS) is 1. The first-order valence-corrected chi connectivity index (χ1v) is 6.78. The Bertz CT molecular complexity index is 556. The van der Waals surface area contributed by atoms with E-state index in [1.54, 1.807) is 0 Å². The number of nitrogens with one attached hydrogen (secondary N) is 1. The first-order valence-electron chi connectivity index (χ1n) is 6.78. The topological polar surface area (TPSA) is 66.4 Å². The van der Waals surface area contributed by atoms with E-state index < -0.39 is 11.9 Å². The maximum atomic E-state index is 12.4. The summed E-state index contributed by atoms with van der Waals surface area (Å²) in [5.41, 5.74) is 1.77. The summed E-state index contributed by atoms with van der Waals surface area (Å²) < 4.78 is 0. The van der Waals surface area contributed by atoms with Gasteiger partial charge in [-0.15, -0.1) is 0 Å². The smallest absolute Gasteiger partial charge is 0.305 e. The predicted octanol–water partition coefficient (Wildman–Crippen LogP) is 2.41. The van der Waals surface area contributed by atoms with Crippen LogP contribution >= 0.6 is 0 Å². The van der Waals surface area contributed by atoms with Gasteiger partial charge in [0.25, 0.3) is 0 Å². The van der Waals surface area contributed by atoms with Crippen molar-refractivity contribution in [3.8, 4) is 0 Å². The van der Waals surface area contributed by atoms with Gasteiger partial charge in [-0.2, -0.15) is 0 Å². The van der Waals surface area contributed by atoms with Gasteiger partial charge in [-0.05, 0) is 11.1 Å². The molecule has 0 saturated carbocycles. The van der Waals surface area contributed by atoms with Crippen LogP contribution in [0.1, 0.15) is 23.5 Å². The zero-order valence-corrected chi connectivity index (χ0v) is 11.5. The number of benzene rings is 2. The molecule has 0 unspecified atom stereocenters. The van der Waals surface area contributed by atoms with Gasteiger partial charge in [0.1, 0.15) is 0 Å².